The number of anilines is 2. The molecule has 33 heavy (non-hydrogen) atoms. The van der Waals surface area contributed by atoms with Crippen molar-refractivity contribution in [3.63, 3.8) is 0 Å². The van der Waals surface area contributed by atoms with Gasteiger partial charge < -0.3 is 20.1 Å². The quantitative estimate of drug-likeness (QED) is 0.291. The molecule has 5 rings (SSSR count). The highest BCUT2D eigenvalue weighted by atomic mass is 16.5. The normalized spacial score (nSPS) is 11.5. The molecule has 5 aromatic rings. The molecule has 0 fully saturated rings. The van der Waals surface area contributed by atoms with Gasteiger partial charge in [-0.05, 0) is 47.9 Å². The van der Waals surface area contributed by atoms with Gasteiger partial charge in [0.25, 0.3) is 0 Å². The van der Waals surface area contributed by atoms with E-state index < -0.39 is 0 Å². The minimum absolute atomic E-state index is 0.154. The van der Waals surface area contributed by atoms with Crippen LogP contribution in [-0.4, -0.2) is 33.8 Å². The first kappa shape index (κ1) is 20.7. The summed E-state index contributed by atoms with van der Waals surface area (Å²) in [5, 5.41) is 14.6. The maximum Gasteiger partial charge on any atom is 0.141 e. The predicted octanol–water partition coefficient (Wildman–Crippen LogP) is 5.57. The van der Waals surface area contributed by atoms with Gasteiger partial charge in [0.1, 0.15) is 17.9 Å². The van der Waals surface area contributed by atoms with E-state index in [2.05, 4.69) is 26.3 Å². The van der Waals surface area contributed by atoms with Gasteiger partial charge in [0.2, 0.25) is 0 Å². The number of hydrogen-bond donors (Lipinski definition) is 3. The minimum atomic E-state index is 0.154. The molecule has 0 aliphatic heterocycles. The van der Waals surface area contributed by atoms with E-state index in [1.807, 2.05) is 72.9 Å². The number of nitrogens with zero attached hydrogens (tertiary/aromatic N) is 2. The van der Waals surface area contributed by atoms with Crippen LogP contribution >= 0.6 is 0 Å². The van der Waals surface area contributed by atoms with Crippen molar-refractivity contribution in [3.8, 4) is 5.75 Å². The van der Waals surface area contributed by atoms with E-state index in [0.717, 1.165) is 55.8 Å². The Morgan fingerprint density at radius 1 is 1.00 bits per heavy atom. The largest absolute Gasteiger partial charge is 0.496 e. The maximum atomic E-state index is 9.09. The summed E-state index contributed by atoms with van der Waals surface area (Å²) in [5.41, 5.74) is 5.97. The molecule has 0 saturated heterocycles. The molecule has 0 saturated carbocycles. The molecule has 6 heteroatoms. The van der Waals surface area contributed by atoms with Crippen molar-refractivity contribution in [2.75, 3.05) is 19.0 Å². The van der Waals surface area contributed by atoms with Crippen molar-refractivity contribution in [2.24, 2.45) is 0 Å². The average molecular weight is 437 g/mol. The molecule has 2 aromatic heterocycles. The van der Waals surface area contributed by atoms with Crippen molar-refractivity contribution in [1.29, 1.82) is 0 Å². The number of benzene rings is 3. The van der Waals surface area contributed by atoms with Crippen LogP contribution in [0.4, 0.5) is 11.5 Å². The number of nitrogens with one attached hydrogen (secondary N) is 2. The molecule has 0 bridgehead atoms. The minimum Gasteiger partial charge on any atom is -0.496 e. The zero-order valence-corrected chi connectivity index (χ0v) is 18.2. The molecule has 0 amide bonds. The number of hydrogen-bond acceptors (Lipinski definition) is 5. The summed E-state index contributed by atoms with van der Waals surface area (Å²) in [4.78, 5) is 12.1. The number of aliphatic hydroxyl groups excluding tert-OH is 1. The predicted molar refractivity (Wildman–Crippen MR) is 134 cm³/mol. The SMILES string of the molecule is COc1cc2ncnc(Nc3ccc4[nH]ccc4c3)c2cc1C=Cc1ccc(CCO)cc1. The molecule has 164 valence electrons. The highest BCUT2D eigenvalue weighted by Gasteiger charge is 2.10. The van der Waals surface area contributed by atoms with Crippen LogP contribution in [0.5, 0.6) is 5.75 Å². The zero-order chi connectivity index (χ0) is 22.6. The molecule has 0 spiro atoms. The highest BCUT2D eigenvalue weighted by molar-refractivity contribution is 5.95. The van der Waals surface area contributed by atoms with Crippen LogP contribution < -0.4 is 10.1 Å². The number of aromatic nitrogens is 3. The van der Waals surface area contributed by atoms with Gasteiger partial charge in [-0.25, -0.2) is 9.97 Å². The Balaban J connectivity index is 1.49. The first-order valence-corrected chi connectivity index (χ1v) is 10.8. The van der Waals surface area contributed by atoms with Gasteiger partial charge in [-0.15, -0.1) is 0 Å². The monoisotopic (exact) mass is 436 g/mol. The second-order valence-corrected chi connectivity index (χ2v) is 7.79. The molecular formula is C27H24N4O2. The Bertz CT molecular complexity index is 1440. The summed E-state index contributed by atoms with van der Waals surface area (Å²) in [6.45, 7) is 0.154. The lowest BCUT2D eigenvalue weighted by molar-refractivity contribution is 0.299. The number of H-pyrrole nitrogens is 1. The number of rotatable bonds is 7. The van der Waals surface area contributed by atoms with Crippen LogP contribution in [0, 0.1) is 0 Å². The zero-order valence-electron chi connectivity index (χ0n) is 18.2. The molecule has 0 aliphatic carbocycles. The molecule has 0 atom stereocenters. The van der Waals surface area contributed by atoms with E-state index in [9.17, 15) is 0 Å². The Morgan fingerprint density at radius 2 is 1.88 bits per heavy atom. The molecule has 0 unspecified atom stereocenters. The van der Waals surface area contributed by atoms with Crippen molar-refractivity contribution in [2.45, 2.75) is 6.42 Å². The molecule has 3 N–H and O–H groups in total. The Kier molecular flexibility index (Phi) is 5.74. The van der Waals surface area contributed by atoms with E-state index in [1.54, 1.807) is 13.4 Å². The van der Waals surface area contributed by atoms with Crippen LogP contribution in [0.3, 0.4) is 0 Å². The Hall–Kier alpha value is -4.16. The molecule has 6 nitrogen and oxygen atoms in total. The highest BCUT2D eigenvalue weighted by Crippen LogP contribution is 2.31. The summed E-state index contributed by atoms with van der Waals surface area (Å²) in [5.74, 6) is 1.48. The fourth-order valence-corrected chi connectivity index (χ4v) is 3.89. The maximum absolute atomic E-state index is 9.09. The molecule has 0 radical (unpaired) electrons. The molecular weight excluding hydrogens is 412 g/mol. The summed E-state index contributed by atoms with van der Waals surface area (Å²) in [6.07, 6.45) is 8.22. The second-order valence-electron chi connectivity index (χ2n) is 7.79. The topological polar surface area (TPSA) is 83.1 Å². The van der Waals surface area contributed by atoms with Gasteiger partial charge in [0.15, 0.2) is 0 Å². The number of aliphatic hydroxyl groups is 1. The number of aromatic amines is 1. The van der Waals surface area contributed by atoms with Gasteiger partial charge in [-0.3, -0.25) is 0 Å². The van der Waals surface area contributed by atoms with E-state index in [1.165, 1.54) is 0 Å². The number of fused-ring (bicyclic) bond motifs is 2. The molecule has 3 aromatic carbocycles. The lowest BCUT2D eigenvalue weighted by Crippen LogP contribution is -1.97. The standard InChI is InChI=1S/C27H24N4O2/c1-33-26-16-25-23(15-21(26)7-6-18-2-4-19(5-3-18)11-13-32)27(30-17-29-25)31-22-8-9-24-20(14-22)10-12-28-24/h2-10,12,14-17,28,32H,11,13H2,1H3,(H,29,30,31). The second kappa shape index (κ2) is 9.14. The van der Waals surface area contributed by atoms with Crippen molar-refractivity contribution in [1.82, 2.24) is 15.0 Å². The van der Waals surface area contributed by atoms with Gasteiger partial charge in [-0.2, -0.15) is 0 Å². The first-order valence-electron chi connectivity index (χ1n) is 10.8. The number of ether oxygens (including phenoxy) is 1. The average Bonchev–Trinajstić information content (AvgIpc) is 3.31. The fourth-order valence-electron chi connectivity index (χ4n) is 3.89. The summed E-state index contributed by atoms with van der Waals surface area (Å²) in [7, 11) is 1.66. The molecule has 2 heterocycles. The third-order valence-electron chi connectivity index (χ3n) is 5.64. The van der Waals surface area contributed by atoms with Gasteiger partial charge >= 0.3 is 0 Å². The first-order chi connectivity index (χ1) is 16.2. The van der Waals surface area contributed by atoms with Gasteiger partial charge in [0, 0.05) is 46.4 Å². The van der Waals surface area contributed by atoms with E-state index in [-0.39, 0.29) is 6.61 Å². The van der Waals surface area contributed by atoms with Crippen LogP contribution in [-0.2, 0) is 6.42 Å². The Labute approximate surface area is 191 Å². The van der Waals surface area contributed by atoms with Crippen LogP contribution in [0.1, 0.15) is 16.7 Å². The number of methoxy groups -OCH3 is 1. The van der Waals surface area contributed by atoms with Crippen LogP contribution in [0.15, 0.2) is 73.2 Å². The van der Waals surface area contributed by atoms with Crippen molar-refractivity contribution in [3.05, 3.63) is 89.9 Å². The van der Waals surface area contributed by atoms with Crippen molar-refractivity contribution >= 4 is 45.5 Å². The third kappa shape index (κ3) is 4.42. The lowest BCUT2D eigenvalue weighted by Gasteiger charge is -2.11. The van der Waals surface area contributed by atoms with Crippen LogP contribution in [0.2, 0.25) is 0 Å². The summed E-state index contributed by atoms with van der Waals surface area (Å²) in [6, 6.07) is 20.3. The molecule has 0 aliphatic rings. The summed E-state index contributed by atoms with van der Waals surface area (Å²) >= 11 is 0. The lowest BCUT2D eigenvalue weighted by atomic mass is 10.1. The van der Waals surface area contributed by atoms with Crippen LogP contribution in [0.25, 0.3) is 34.0 Å². The van der Waals surface area contributed by atoms with Gasteiger partial charge in [0.05, 0.1) is 12.6 Å². The summed E-state index contributed by atoms with van der Waals surface area (Å²) < 4.78 is 5.63. The van der Waals surface area contributed by atoms with Gasteiger partial charge in [-0.1, -0.05) is 36.4 Å². The fraction of sp³-hybridized carbons (Fsp3) is 0.111. The van der Waals surface area contributed by atoms with E-state index >= 15 is 0 Å². The third-order valence-corrected chi connectivity index (χ3v) is 5.64. The Morgan fingerprint density at radius 3 is 2.70 bits per heavy atom. The van der Waals surface area contributed by atoms with Crippen molar-refractivity contribution < 1.29 is 9.84 Å². The van der Waals surface area contributed by atoms with E-state index in [4.69, 9.17) is 9.84 Å². The smallest absolute Gasteiger partial charge is 0.141 e. The van der Waals surface area contributed by atoms with E-state index in [0.29, 0.717) is 6.42 Å².